The van der Waals surface area contributed by atoms with E-state index in [0.29, 0.717) is 0 Å². The zero-order valence-corrected chi connectivity index (χ0v) is 13.8. The number of nitrogens with zero attached hydrogens (tertiary/aromatic N) is 2. The smallest absolute Gasteiger partial charge is 0.122 e. The van der Waals surface area contributed by atoms with Crippen molar-refractivity contribution in [2.45, 2.75) is 37.3 Å². The van der Waals surface area contributed by atoms with E-state index in [-0.39, 0.29) is 0 Å². The van der Waals surface area contributed by atoms with Crippen LogP contribution in [0.1, 0.15) is 27.7 Å². The highest BCUT2D eigenvalue weighted by Gasteiger charge is 2.21. The fraction of sp³-hybridized carbons (Fsp3) is 1.00. The molecule has 90 valence electrons. The quantitative estimate of drug-likeness (QED) is 0.604. The van der Waals surface area contributed by atoms with E-state index in [1.165, 1.54) is 39.3 Å². The molecule has 2 bridgehead atoms. The molecule has 0 aromatic carbocycles. The van der Waals surface area contributed by atoms with Gasteiger partial charge in [0.05, 0.1) is 0 Å². The minimum absolute atomic E-state index is 0.750. The number of piperazine rings is 3. The van der Waals surface area contributed by atoms with Crippen LogP contribution in [0.3, 0.4) is 0 Å². The summed E-state index contributed by atoms with van der Waals surface area (Å²) in [6, 6.07) is 0. The van der Waals surface area contributed by atoms with Crippen LogP contribution < -0.4 is 0 Å². The normalized spacial score (nSPS) is 26.9. The molecule has 0 saturated carbocycles. The zero-order chi connectivity index (χ0) is 12.6. The van der Waals surface area contributed by atoms with Gasteiger partial charge in [0.15, 0.2) is 0 Å². The molecule has 0 amide bonds. The van der Waals surface area contributed by atoms with Gasteiger partial charge in [-0.1, -0.05) is 27.7 Å². The van der Waals surface area contributed by atoms with Gasteiger partial charge in [0.25, 0.3) is 0 Å². The second-order valence-corrected chi connectivity index (χ2v) is 7.84. The molecule has 3 heterocycles. The van der Waals surface area contributed by atoms with Crippen molar-refractivity contribution < 1.29 is 0 Å². The van der Waals surface area contributed by atoms with E-state index < -0.39 is 0 Å². The number of fused-ring (bicyclic) bond motifs is 3. The van der Waals surface area contributed by atoms with E-state index in [1.807, 2.05) is 0 Å². The Morgan fingerprint density at radius 3 is 0.812 bits per heavy atom. The number of hydrogen-bond donors (Lipinski definition) is 0. The van der Waals surface area contributed by atoms with E-state index in [9.17, 15) is 0 Å². The van der Waals surface area contributed by atoms with Crippen LogP contribution in [0.25, 0.3) is 0 Å². The highest BCUT2D eigenvalue weighted by Crippen LogP contribution is 2.06. The molecule has 0 unspecified atom stereocenters. The molecule has 0 atom stereocenters. The van der Waals surface area contributed by atoms with Gasteiger partial charge in [0, 0.05) is 39.3 Å². The molecule has 3 saturated heterocycles. The van der Waals surface area contributed by atoms with Crippen LogP contribution in [0.4, 0.5) is 0 Å². The lowest BCUT2D eigenvalue weighted by Crippen LogP contribution is -2.55. The van der Waals surface area contributed by atoms with Crippen LogP contribution in [0.2, 0.25) is 9.56 Å². The van der Waals surface area contributed by atoms with Crippen molar-refractivity contribution in [1.82, 2.24) is 9.80 Å². The van der Waals surface area contributed by atoms with Gasteiger partial charge in [0.1, 0.15) is 32.6 Å². The highest BCUT2D eigenvalue weighted by atomic mass is 27.1. The molecular formula is C12H26Al2N2. The average Bonchev–Trinajstić information content (AvgIpc) is 2.19. The predicted molar refractivity (Wildman–Crippen MR) is 74.6 cm³/mol. The maximum atomic E-state index is 2.66. The Morgan fingerprint density at radius 1 is 0.625 bits per heavy atom. The molecule has 0 N–H and O–H groups in total. The largest absolute Gasteiger partial charge is 0.300 e. The molecule has 4 heteroatoms. The fourth-order valence-corrected chi connectivity index (χ4v) is 1.52. The van der Waals surface area contributed by atoms with Crippen LogP contribution in [-0.4, -0.2) is 81.6 Å². The lowest BCUT2D eigenvalue weighted by atomic mass is 10.2. The topological polar surface area (TPSA) is 6.48 Å². The van der Waals surface area contributed by atoms with Crippen molar-refractivity contribution in [2.24, 2.45) is 0 Å². The van der Waals surface area contributed by atoms with Gasteiger partial charge in [-0.05, 0) is 0 Å². The Bertz CT molecular complexity index is 121. The Hall–Kier alpha value is 0.985. The first kappa shape index (κ1) is 17.0. The van der Waals surface area contributed by atoms with Gasteiger partial charge in [-0.2, -0.15) is 0 Å². The third-order valence-corrected chi connectivity index (χ3v) is 2.20. The van der Waals surface area contributed by atoms with E-state index in [0.717, 1.165) is 9.56 Å². The maximum Gasteiger partial charge on any atom is 0.122 e. The molecule has 3 rings (SSSR count). The molecule has 2 nitrogen and oxygen atoms in total. The Morgan fingerprint density at radius 2 is 0.750 bits per heavy atom. The molecule has 16 heavy (non-hydrogen) atoms. The van der Waals surface area contributed by atoms with Crippen molar-refractivity contribution >= 4 is 32.6 Å². The van der Waals surface area contributed by atoms with Crippen molar-refractivity contribution in [3.8, 4) is 0 Å². The lowest BCUT2D eigenvalue weighted by molar-refractivity contribution is 0.0647. The van der Waals surface area contributed by atoms with Crippen molar-refractivity contribution in [3.05, 3.63) is 0 Å². The standard InChI is InChI=1S/C6H12N2.2C3H7.2Al/c1-2-8-5-3-7(1)4-6-8;2*1-3-2;;/h1-6H2;2*3H,1-2H3;;. The minimum Gasteiger partial charge on any atom is -0.300 e. The van der Waals surface area contributed by atoms with Gasteiger partial charge in [-0.3, -0.25) is 9.80 Å². The third-order valence-electron chi connectivity index (χ3n) is 2.20. The van der Waals surface area contributed by atoms with Crippen LogP contribution in [0.15, 0.2) is 0 Å². The lowest BCUT2D eigenvalue weighted by Gasteiger charge is -2.41. The summed E-state index contributed by atoms with van der Waals surface area (Å²) in [4.78, 5) is 5.08. The van der Waals surface area contributed by atoms with Crippen molar-refractivity contribution in [1.29, 1.82) is 0 Å². The van der Waals surface area contributed by atoms with Crippen molar-refractivity contribution in [3.63, 3.8) is 0 Å². The minimum atomic E-state index is 0.750. The first-order chi connectivity index (χ1) is 7.41. The summed E-state index contributed by atoms with van der Waals surface area (Å²) in [7, 11) is 0. The first-order valence-corrected chi connectivity index (χ1v) is 7.71. The van der Waals surface area contributed by atoms with E-state index in [2.05, 4.69) is 70.1 Å². The molecule has 4 radical (unpaired) electrons. The SMILES string of the molecule is C1CN2CCN1CC2.C[CH](C)[Al].C[CH](C)[Al]. The second-order valence-electron chi connectivity index (χ2n) is 5.17. The monoisotopic (exact) mass is 252 g/mol. The van der Waals surface area contributed by atoms with Gasteiger partial charge in [-0.15, -0.1) is 9.56 Å². The Labute approximate surface area is 119 Å². The predicted octanol–water partition coefficient (Wildman–Crippen LogP) is 1.58. The summed E-state index contributed by atoms with van der Waals surface area (Å²) in [5, 5.41) is 0. The average molecular weight is 252 g/mol. The number of rotatable bonds is 0. The van der Waals surface area contributed by atoms with Gasteiger partial charge in [-0.25, -0.2) is 0 Å². The molecule has 0 aliphatic carbocycles. The van der Waals surface area contributed by atoms with Gasteiger partial charge in [0.2, 0.25) is 0 Å². The molecular weight excluding hydrogens is 226 g/mol. The summed E-state index contributed by atoms with van der Waals surface area (Å²) in [6.07, 6.45) is 0. The molecule has 3 fully saturated rings. The number of hydrogen-bond acceptors (Lipinski definition) is 2. The first-order valence-electron chi connectivity index (χ1n) is 6.37. The highest BCUT2D eigenvalue weighted by molar-refractivity contribution is 6.11. The molecule has 0 aromatic rings. The van der Waals surface area contributed by atoms with Gasteiger partial charge < -0.3 is 0 Å². The summed E-state index contributed by atoms with van der Waals surface area (Å²) in [5.74, 6) is 0. The molecule has 0 spiro atoms. The third kappa shape index (κ3) is 11.5. The van der Waals surface area contributed by atoms with Gasteiger partial charge >= 0.3 is 0 Å². The molecule has 3 aliphatic heterocycles. The van der Waals surface area contributed by atoms with Crippen LogP contribution in [-0.2, 0) is 0 Å². The van der Waals surface area contributed by atoms with Crippen LogP contribution >= 0.6 is 0 Å². The summed E-state index contributed by atoms with van der Waals surface area (Å²) >= 11 is 5.31. The zero-order valence-electron chi connectivity index (χ0n) is 11.4. The van der Waals surface area contributed by atoms with E-state index in [4.69, 9.17) is 0 Å². The molecule has 3 aliphatic rings. The Balaban J connectivity index is 0.000000244. The van der Waals surface area contributed by atoms with E-state index in [1.54, 1.807) is 0 Å². The second kappa shape index (κ2) is 9.96. The Kier molecular flexibility index (Phi) is 10.6. The fourth-order valence-electron chi connectivity index (χ4n) is 1.52. The van der Waals surface area contributed by atoms with Crippen molar-refractivity contribution in [2.75, 3.05) is 39.3 Å². The summed E-state index contributed by atoms with van der Waals surface area (Å²) in [6.45, 7) is 16.4. The summed E-state index contributed by atoms with van der Waals surface area (Å²) in [5.41, 5.74) is 0. The summed E-state index contributed by atoms with van der Waals surface area (Å²) < 4.78 is 1.50. The maximum absolute atomic E-state index is 2.66. The molecule has 0 aromatic heterocycles. The van der Waals surface area contributed by atoms with Crippen LogP contribution in [0, 0.1) is 0 Å². The van der Waals surface area contributed by atoms with E-state index >= 15 is 0 Å². The van der Waals surface area contributed by atoms with Crippen LogP contribution in [0.5, 0.6) is 0 Å².